The van der Waals surface area contributed by atoms with Gasteiger partial charge in [0.25, 0.3) is 0 Å². The van der Waals surface area contributed by atoms with Gasteiger partial charge >= 0.3 is 6.09 Å². The molecule has 2 heterocycles. The van der Waals surface area contributed by atoms with Crippen molar-refractivity contribution in [2.75, 3.05) is 18.4 Å². The predicted molar refractivity (Wildman–Crippen MR) is 93.9 cm³/mol. The highest BCUT2D eigenvalue weighted by molar-refractivity contribution is 5.75. The van der Waals surface area contributed by atoms with Crippen LogP contribution in [0, 0.1) is 11.6 Å². The van der Waals surface area contributed by atoms with E-state index in [2.05, 4.69) is 15.3 Å². The number of ether oxygens (including phenoxy) is 1. The van der Waals surface area contributed by atoms with Crippen molar-refractivity contribution in [3.8, 4) is 0 Å². The van der Waals surface area contributed by atoms with Crippen LogP contribution in [0.2, 0.25) is 0 Å². The van der Waals surface area contributed by atoms with Crippen LogP contribution in [0.4, 0.5) is 19.4 Å². The zero-order valence-electron chi connectivity index (χ0n) is 15.1. The molecule has 26 heavy (non-hydrogen) atoms. The lowest BCUT2D eigenvalue weighted by molar-refractivity contribution is 0.0235. The molecule has 0 radical (unpaired) electrons. The molecule has 0 bridgehead atoms. The van der Waals surface area contributed by atoms with Crippen molar-refractivity contribution in [1.82, 2.24) is 14.9 Å². The zero-order valence-corrected chi connectivity index (χ0v) is 15.1. The molecule has 1 saturated heterocycles. The molecule has 1 aliphatic rings. The molecule has 140 valence electrons. The second kappa shape index (κ2) is 7.01. The van der Waals surface area contributed by atoms with Crippen LogP contribution in [0.15, 0.2) is 18.3 Å². The van der Waals surface area contributed by atoms with Gasteiger partial charge in [-0.15, -0.1) is 0 Å². The number of rotatable bonds is 3. The van der Waals surface area contributed by atoms with Crippen LogP contribution in [0.3, 0.4) is 0 Å². The average molecular weight is 364 g/mol. The first-order valence-electron chi connectivity index (χ1n) is 8.58. The van der Waals surface area contributed by atoms with E-state index in [1.54, 1.807) is 4.90 Å². The molecule has 6 nitrogen and oxygen atoms in total. The van der Waals surface area contributed by atoms with E-state index in [1.165, 1.54) is 6.20 Å². The van der Waals surface area contributed by atoms with Gasteiger partial charge in [0.2, 0.25) is 0 Å². The molecule has 1 aromatic heterocycles. The lowest BCUT2D eigenvalue weighted by Crippen LogP contribution is -2.42. The van der Waals surface area contributed by atoms with E-state index in [1.807, 2.05) is 20.8 Å². The van der Waals surface area contributed by atoms with Crippen LogP contribution >= 0.6 is 0 Å². The molecule has 1 aliphatic heterocycles. The molecule has 0 saturated carbocycles. The fourth-order valence-electron chi connectivity index (χ4n) is 2.92. The summed E-state index contributed by atoms with van der Waals surface area (Å²) in [6.45, 7) is 6.63. The Hall–Kier alpha value is -2.51. The summed E-state index contributed by atoms with van der Waals surface area (Å²) in [6, 6.07) is 2.01. The predicted octanol–water partition coefficient (Wildman–Crippen LogP) is 3.72. The van der Waals surface area contributed by atoms with Crippen LogP contribution in [-0.4, -0.2) is 45.7 Å². The number of likely N-dealkylation sites (tertiary alicyclic amines) is 1. The van der Waals surface area contributed by atoms with E-state index in [-0.39, 0.29) is 23.2 Å². The molecule has 2 aromatic rings. The summed E-state index contributed by atoms with van der Waals surface area (Å²) >= 11 is 0. The van der Waals surface area contributed by atoms with Gasteiger partial charge in [-0.1, -0.05) is 0 Å². The third-order valence-electron chi connectivity index (χ3n) is 4.11. The van der Waals surface area contributed by atoms with Crippen LogP contribution in [0.5, 0.6) is 0 Å². The number of anilines is 1. The second-order valence-corrected chi connectivity index (χ2v) is 7.36. The van der Waals surface area contributed by atoms with Crippen molar-refractivity contribution in [1.29, 1.82) is 0 Å². The maximum absolute atomic E-state index is 13.4. The molecule has 1 fully saturated rings. The summed E-state index contributed by atoms with van der Waals surface area (Å²) in [5.74, 6) is -1.47. The van der Waals surface area contributed by atoms with Gasteiger partial charge in [0, 0.05) is 25.2 Å². The van der Waals surface area contributed by atoms with Gasteiger partial charge in [-0.3, -0.25) is 4.98 Å². The highest BCUT2D eigenvalue weighted by Gasteiger charge is 2.32. The number of nitrogens with zero attached hydrogens (tertiary/aromatic N) is 3. The number of benzene rings is 1. The molecule has 3 rings (SSSR count). The van der Waals surface area contributed by atoms with Crippen LogP contribution in [0.25, 0.3) is 11.0 Å². The normalized spacial score (nSPS) is 17.6. The van der Waals surface area contributed by atoms with Gasteiger partial charge in [0.15, 0.2) is 11.6 Å². The minimum absolute atomic E-state index is 0.0210. The number of hydrogen-bond donors (Lipinski definition) is 1. The van der Waals surface area contributed by atoms with Gasteiger partial charge in [0.1, 0.15) is 11.4 Å². The smallest absolute Gasteiger partial charge is 0.410 e. The van der Waals surface area contributed by atoms with E-state index >= 15 is 0 Å². The molecule has 1 N–H and O–H groups in total. The number of fused-ring (bicyclic) bond motifs is 1. The standard InChI is InChI=1S/C18H22F2N4O2/c1-18(2,3)26-17(25)24-6-4-5-11(24)9-22-16-10-21-14-7-12(19)13(20)8-15(14)23-16/h7-8,10-11H,4-6,9H2,1-3H3,(H,22,23)/t11-/m1/s1. The van der Waals surface area contributed by atoms with Crippen molar-refractivity contribution in [3.05, 3.63) is 30.0 Å². The summed E-state index contributed by atoms with van der Waals surface area (Å²) in [6.07, 6.45) is 2.89. The van der Waals surface area contributed by atoms with Gasteiger partial charge < -0.3 is 15.0 Å². The third-order valence-corrected chi connectivity index (χ3v) is 4.11. The Morgan fingerprint density at radius 3 is 2.69 bits per heavy atom. The van der Waals surface area contributed by atoms with Crippen molar-refractivity contribution >= 4 is 22.9 Å². The van der Waals surface area contributed by atoms with Gasteiger partial charge in [-0.05, 0) is 33.6 Å². The lowest BCUT2D eigenvalue weighted by Gasteiger charge is -2.28. The summed E-state index contributed by atoms with van der Waals surface area (Å²) in [5, 5.41) is 3.12. The number of nitrogens with one attached hydrogen (secondary N) is 1. The first kappa shape index (κ1) is 18.3. The molecule has 1 atom stereocenters. The Labute approximate surface area is 150 Å². The Bertz CT molecular complexity index is 823. The third kappa shape index (κ3) is 4.17. The Balaban J connectivity index is 1.67. The molecule has 8 heteroatoms. The van der Waals surface area contributed by atoms with Gasteiger partial charge in [-0.2, -0.15) is 0 Å². The fraction of sp³-hybridized carbons (Fsp3) is 0.500. The summed E-state index contributed by atoms with van der Waals surface area (Å²) < 4.78 is 32.0. The van der Waals surface area contributed by atoms with Crippen molar-refractivity contribution in [2.45, 2.75) is 45.3 Å². The molecule has 0 spiro atoms. The Morgan fingerprint density at radius 2 is 2.00 bits per heavy atom. The van der Waals surface area contributed by atoms with Crippen molar-refractivity contribution < 1.29 is 18.3 Å². The second-order valence-electron chi connectivity index (χ2n) is 7.36. The summed E-state index contributed by atoms with van der Waals surface area (Å²) in [5.41, 5.74) is 0.0101. The number of amides is 1. The number of hydrogen-bond acceptors (Lipinski definition) is 5. The molecule has 0 aliphatic carbocycles. The summed E-state index contributed by atoms with van der Waals surface area (Å²) in [7, 11) is 0. The fourth-order valence-corrected chi connectivity index (χ4v) is 2.92. The number of halogens is 2. The highest BCUT2D eigenvalue weighted by Crippen LogP contribution is 2.22. The van der Waals surface area contributed by atoms with Crippen LogP contribution in [0.1, 0.15) is 33.6 Å². The summed E-state index contributed by atoms with van der Waals surface area (Å²) in [4.78, 5) is 22.4. The Kier molecular flexibility index (Phi) is 4.93. The lowest BCUT2D eigenvalue weighted by atomic mass is 10.2. The topological polar surface area (TPSA) is 67.3 Å². The molecule has 0 unspecified atom stereocenters. The Morgan fingerprint density at radius 1 is 1.31 bits per heavy atom. The SMILES string of the molecule is CC(C)(C)OC(=O)N1CCC[C@@H]1CNc1cnc2cc(F)c(F)cc2n1. The maximum atomic E-state index is 13.4. The minimum atomic E-state index is -0.962. The van der Waals surface area contributed by atoms with Crippen molar-refractivity contribution in [3.63, 3.8) is 0 Å². The van der Waals surface area contributed by atoms with E-state index in [0.29, 0.717) is 18.9 Å². The number of aromatic nitrogens is 2. The minimum Gasteiger partial charge on any atom is -0.444 e. The number of carbonyl (C=O) groups is 1. The van der Waals surface area contributed by atoms with Gasteiger partial charge in [0.05, 0.1) is 23.3 Å². The zero-order chi connectivity index (χ0) is 18.9. The molecular formula is C18H22F2N4O2. The molecule has 1 amide bonds. The first-order chi connectivity index (χ1) is 12.2. The monoisotopic (exact) mass is 364 g/mol. The van der Waals surface area contributed by atoms with Gasteiger partial charge in [-0.25, -0.2) is 18.6 Å². The quantitative estimate of drug-likeness (QED) is 0.899. The van der Waals surface area contributed by atoms with E-state index < -0.39 is 17.2 Å². The first-order valence-corrected chi connectivity index (χ1v) is 8.58. The van der Waals surface area contributed by atoms with E-state index in [0.717, 1.165) is 25.0 Å². The molecular weight excluding hydrogens is 342 g/mol. The average Bonchev–Trinajstić information content (AvgIpc) is 3.01. The van der Waals surface area contributed by atoms with E-state index in [4.69, 9.17) is 4.74 Å². The largest absolute Gasteiger partial charge is 0.444 e. The number of carbonyl (C=O) groups excluding carboxylic acids is 1. The van der Waals surface area contributed by atoms with Crippen LogP contribution in [-0.2, 0) is 4.74 Å². The maximum Gasteiger partial charge on any atom is 0.410 e. The van der Waals surface area contributed by atoms with Crippen LogP contribution < -0.4 is 5.32 Å². The van der Waals surface area contributed by atoms with Crippen molar-refractivity contribution in [2.24, 2.45) is 0 Å². The highest BCUT2D eigenvalue weighted by atomic mass is 19.2. The van der Waals surface area contributed by atoms with E-state index in [9.17, 15) is 13.6 Å². The molecule has 1 aromatic carbocycles.